The Morgan fingerprint density at radius 1 is 1.04 bits per heavy atom. The fraction of sp³-hybridized carbons (Fsp3) is 0.300. The SMILES string of the molecule is CCOCCOC(=O)C(C)Oc1ccc(C(=O)Nc2ccc(Cl)cc2)cc1. The minimum Gasteiger partial charge on any atom is -0.479 e. The first-order valence-corrected chi connectivity index (χ1v) is 8.95. The molecule has 7 heteroatoms. The quantitative estimate of drug-likeness (QED) is 0.517. The van der Waals surface area contributed by atoms with Crippen molar-refractivity contribution in [3.05, 3.63) is 59.1 Å². The van der Waals surface area contributed by atoms with Crippen LogP contribution in [0.5, 0.6) is 5.75 Å². The Morgan fingerprint density at radius 3 is 2.33 bits per heavy atom. The molecule has 1 N–H and O–H groups in total. The molecule has 0 aliphatic rings. The van der Waals surface area contributed by atoms with Gasteiger partial charge in [0.05, 0.1) is 6.61 Å². The fourth-order valence-electron chi connectivity index (χ4n) is 2.14. The van der Waals surface area contributed by atoms with Crippen LogP contribution in [0.25, 0.3) is 0 Å². The summed E-state index contributed by atoms with van der Waals surface area (Å²) in [5.41, 5.74) is 1.11. The van der Waals surface area contributed by atoms with Gasteiger partial charge in [0.25, 0.3) is 5.91 Å². The maximum absolute atomic E-state index is 12.2. The van der Waals surface area contributed by atoms with E-state index in [0.29, 0.717) is 35.2 Å². The molecular weight excluding hydrogens is 370 g/mol. The van der Waals surface area contributed by atoms with Crippen LogP contribution in [0.2, 0.25) is 5.02 Å². The standard InChI is InChI=1S/C20H22ClNO5/c1-3-25-12-13-26-20(24)14(2)27-18-10-4-15(5-11-18)19(23)22-17-8-6-16(21)7-9-17/h4-11,14H,3,12-13H2,1-2H3,(H,22,23). The Bertz CT molecular complexity index is 746. The molecular formula is C20H22ClNO5. The molecule has 144 valence electrons. The van der Waals surface area contributed by atoms with E-state index in [9.17, 15) is 9.59 Å². The van der Waals surface area contributed by atoms with Crippen LogP contribution in [0.15, 0.2) is 48.5 Å². The number of rotatable bonds is 9. The number of carbonyl (C=O) groups is 2. The first-order chi connectivity index (χ1) is 13.0. The summed E-state index contributed by atoms with van der Waals surface area (Å²) >= 11 is 5.82. The zero-order valence-electron chi connectivity index (χ0n) is 15.2. The average molecular weight is 392 g/mol. The van der Waals surface area contributed by atoms with Gasteiger partial charge in [-0.1, -0.05) is 11.6 Å². The Labute approximate surface area is 163 Å². The van der Waals surface area contributed by atoms with E-state index in [-0.39, 0.29) is 12.5 Å². The Morgan fingerprint density at radius 2 is 1.70 bits per heavy atom. The molecule has 2 aromatic carbocycles. The number of nitrogens with one attached hydrogen (secondary N) is 1. The summed E-state index contributed by atoms with van der Waals surface area (Å²) in [5, 5.41) is 3.37. The number of carbonyl (C=O) groups excluding carboxylic acids is 2. The van der Waals surface area contributed by atoms with Gasteiger partial charge in [-0.15, -0.1) is 0 Å². The predicted molar refractivity (Wildman–Crippen MR) is 103 cm³/mol. The molecule has 1 atom stereocenters. The molecule has 6 nitrogen and oxygen atoms in total. The molecule has 2 rings (SSSR count). The zero-order chi connectivity index (χ0) is 19.6. The van der Waals surface area contributed by atoms with Gasteiger partial charge in [-0.05, 0) is 62.4 Å². The van der Waals surface area contributed by atoms with Gasteiger partial charge >= 0.3 is 5.97 Å². The van der Waals surface area contributed by atoms with Gasteiger partial charge in [0.15, 0.2) is 6.10 Å². The van der Waals surface area contributed by atoms with Crippen molar-refractivity contribution in [2.45, 2.75) is 20.0 Å². The molecule has 1 unspecified atom stereocenters. The molecule has 0 bridgehead atoms. The summed E-state index contributed by atoms with van der Waals surface area (Å²) in [4.78, 5) is 24.1. The van der Waals surface area contributed by atoms with Crippen molar-refractivity contribution in [2.75, 3.05) is 25.1 Å². The lowest BCUT2D eigenvalue weighted by Gasteiger charge is -2.14. The van der Waals surface area contributed by atoms with Gasteiger partial charge in [0.1, 0.15) is 12.4 Å². The molecule has 0 aliphatic heterocycles. The van der Waals surface area contributed by atoms with Crippen LogP contribution in [0.4, 0.5) is 5.69 Å². The second kappa shape index (κ2) is 10.5. The highest BCUT2D eigenvalue weighted by Gasteiger charge is 2.16. The van der Waals surface area contributed by atoms with Gasteiger partial charge < -0.3 is 19.5 Å². The van der Waals surface area contributed by atoms with E-state index in [0.717, 1.165) is 0 Å². The molecule has 0 aromatic heterocycles. The largest absolute Gasteiger partial charge is 0.479 e. The molecule has 1 amide bonds. The predicted octanol–water partition coefficient (Wildman–Crippen LogP) is 3.94. The van der Waals surface area contributed by atoms with Crippen LogP contribution >= 0.6 is 11.6 Å². The number of esters is 1. The summed E-state index contributed by atoms with van der Waals surface area (Å²) in [6, 6.07) is 13.3. The van der Waals surface area contributed by atoms with Gasteiger partial charge in [0.2, 0.25) is 0 Å². The van der Waals surface area contributed by atoms with Gasteiger partial charge in [-0.25, -0.2) is 4.79 Å². The number of hydrogen-bond donors (Lipinski definition) is 1. The lowest BCUT2D eigenvalue weighted by atomic mass is 10.2. The summed E-state index contributed by atoms with van der Waals surface area (Å²) in [5.74, 6) is -0.265. The van der Waals surface area contributed by atoms with E-state index in [1.807, 2.05) is 6.92 Å². The van der Waals surface area contributed by atoms with Crippen molar-refractivity contribution in [1.82, 2.24) is 0 Å². The molecule has 2 aromatic rings. The van der Waals surface area contributed by atoms with Crippen LogP contribution in [0, 0.1) is 0 Å². The number of halogens is 1. The number of hydrogen-bond acceptors (Lipinski definition) is 5. The van der Waals surface area contributed by atoms with Crippen LogP contribution < -0.4 is 10.1 Å². The van der Waals surface area contributed by atoms with Gasteiger partial charge in [-0.2, -0.15) is 0 Å². The lowest BCUT2D eigenvalue weighted by molar-refractivity contribution is -0.152. The molecule has 0 spiro atoms. The second-order valence-electron chi connectivity index (χ2n) is 5.61. The zero-order valence-corrected chi connectivity index (χ0v) is 16.0. The third-order valence-corrected chi connectivity index (χ3v) is 3.79. The van der Waals surface area contributed by atoms with Crippen LogP contribution in [0.3, 0.4) is 0 Å². The molecule has 0 heterocycles. The number of anilines is 1. The highest BCUT2D eigenvalue weighted by Crippen LogP contribution is 2.17. The van der Waals surface area contributed by atoms with E-state index in [4.69, 9.17) is 25.8 Å². The summed E-state index contributed by atoms with van der Waals surface area (Å²) < 4.78 is 15.7. The Kier molecular flexibility index (Phi) is 8.10. The average Bonchev–Trinajstić information content (AvgIpc) is 2.67. The third-order valence-electron chi connectivity index (χ3n) is 3.54. The molecule has 0 fully saturated rings. The monoisotopic (exact) mass is 391 g/mol. The molecule has 0 radical (unpaired) electrons. The first kappa shape index (κ1) is 20.7. The van der Waals surface area contributed by atoms with Crippen molar-refractivity contribution in [1.29, 1.82) is 0 Å². The Balaban J connectivity index is 1.85. The maximum atomic E-state index is 12.2. The highest BCUT2D eigenvalue weighted by atomic mass is 35.5. The van der Waals surface area contributed by atoms with E-state index < -0.39 is 12.1 Å². The van der Waals surface area contributed by atoms with E-state index >= 15 is 0 Å². The minimum atomic E-state index is -0.764. The van der Waals surface area contributed by atoms with Crippen molar-refractivity contribution in [2.24, 2.45) is 0 Å². The van der Waals surface area contributed by atoms with Crippen molar-refractivity contribution >= 4 is 29.2 Å². The maximum Gasteiger partial charge on any atom is 0.347 e. The lowest BCUT2D eigenvalue weighted by Crippen LogP contribution is -2.27. The molecule has 0 saturated heterocycles. The summed E-state index contributed by atoms with van der Waals surface area (Å²) in [6.45, 7) is 4.58. The van der Waals surface area contributed by atoms with E-state index in [1.54, 1.807) is 55.5 Å². The van der Waals surface area contributed by atoms with Gasteiger partial charge in [0, 0.05) is 22.9 Å². The molecule has 0 aliphatic carbocycles. The fourth-order valence-corrected chi connectivity index (χ4v) is 2.26. The van der Waals surface area contributed by atoms with E-state index in [1.165, 1.54) is 0 Å². The van der Waals surface area contributed by atoms with Crippen molar-refractivity contribution in [3.63, 3.8) is 0 Å². The number of amides is 1. The van der Waals surface area contributed by atoms with Crippen LogP contribution in [-0.4, -0.2) is 37.8 Å². The highest BCUT2D eigenvalue weighted by molar-refractivity contribution is 6.30. The van der Waals surface area contributed by atoms with E-state index in [2.05, 4.69) is 5.32 Å². The first-order valence-electron chi connectivity index (χ1n) is 8.57. The topological polar surface area (TPSA) is 73.9 Å². The smallest absolute Gasteiger partial charge is 0.347 e. The number of benzene rings is 2. The van der Waals surface area contributed by atoms with Crippen molar-refractivity contribution in [3.8, 4) is 5.75 Å². The second-order valence-corrected chi connectivity index (χ2v) is 6.05. The number of ether oxygens (including phenoxy) is 3. The Hall–Kier alpha value is -2.57. The van der Waals surface area contributed by atoms with Crippen LogP contribution in [0.1, 0.15) is 24.2 Å². The molecule has 27 heavy (non-hydrogen) atoms. The normalized spacial score (nSPS) is 11.5. The minimum absolute atomic E-state index is 0.185. The summed E-state index contributed by atoms with van der Waals surface area (Å²) in [6.07, 6.45) is -0.764. The molecule has 0 saturated carbocycles. The van der Waals surface area contributed by atoms with Crippen LogP contribution in [-0.2, 0) is 14.3 Å². The van der Waals surface area contributed by atoms with Crippen molar-refractivity contribution < 1.29 is 23.8 Å². The summed E-state index contributed by atoms with van der Waals surface area (Å²) in [7, 11) is 0. The van der Waals surface area contributed by atoms with Gasteiger partial charge in [-0.3, -0.25) is 4.79 Å². The third kappa shape index (κ3) is 6.92.